The predicted molar refractivity (Wildman–Crippen MR) is 83.8 cm³/mol. The van der Waals surface area contributed by atoms with Gasteiger partial charge in [-0.3, -0.25) is 20.2 Å². The molecular weight excluding hydrogens is 331 g/mol. The fourth-order valence-corrected chi connectivity index (χ4v) is 2.74. The van der Waals surface area contributed by atoms with Crippen LogP contribution in [0.25, 0.3) is 0 Å². The lowest BCUT2D eigenvalue weighted by Gasteiger charge is -2.09. The molecule has 0 fully saturated rings. The Bertz CT molecular complexity index is 778. The fourth-order valence-electron chi connectivity index (χ4n) is 2.23. The van der Waals surface area contributed by atoms with Crippen molar-refractivity contribution in [3.05, 3.63) is 77.3 Å². The molecule has 0 aliphatic carbocycles. The van der Waals surface area contributed by atoms with Gasteiger partial charge in [0, 0.05) is 17.5 Å². The number of rotatable bonds is 4. The number of benzene rings is 2. The molecule has 0 aliphatic heterocycles. The molecule has 2 rings (SSSR count). The van der Waals surface area contributed by atoms with Gasteiger partial charge in [0.05, 0.1) is 9.85 Å². The van der Waals surface area contributed by atoms with Crippen molar-refractivity contribution in [2.45, 2.75) is 13.3 Å². The Morgan fingerprint density at radius 2 is 1.55 bits per heavy atom. The van der Waals surface area contributed by atoms with Gasteiger partial charge in [-0.05, 0) is 24.6 Å². The molecule has 0 atom stereocenters. The molecule has 0 aliphatic rings. The minimum atomic E-state index is -0.594. The predicted octanol–water partition coefficient (Wildman–Crippen LogP) is 4.71. The molecule has 0 unspecified atom stereocenters. The summed E-state index contributed by atoms with van der Waals surface area (Å²) in [6, 6.07) is 7.57. The summed E-state index contributed by atoms with van der Waals surface area (Å²) < 4.78 is 0. The van der Waals surface area contributed by atoms with Crippen LogP contribution < -0.4 is 0 Å². The summed E-state index contributed by atoms with van der Waals surface area (Å²) in [5.41, 5.74) is 0.771. The third kappa shape index (κ3) is 3.03. The number of aryl methyl sites for hydroxylation is 1. The lowest BCUT2D eigenvalue weighted by atomic mass is 9.97. The van der Waals surface area contributed by atoms with Crippen molar-refractivity contribution in [2.75, 3.05) is 0 Å². The molecule has 2 aromatic rings. The maximum absolute atomic E-state index is 11.2. The normalized spacial score (nSPS) is 10.5. The second-order valence-electron chi connectivity index (χ2n) is 4.63. The van der Waals surface area contributed by atoms with Crippen LogP contribution in [0, 0.1) is 27.2 Å². The van der Waals surface area contributed by atoms with Crippen molar-refractivity contribution >= 4 is 34.6 Å². The van der Waals surface area contributed by atoms with Crippen LogP contribution in [0.4, 0.5) is 11.4 Å². The van der Waals surface area contributed by atoms with Gasteiger partial charge in [-0.2, -0.15) is 0 Å². The third-order valence-electron chi connectivity index (χ3n) is 3.27. The van der Waals surface area contributed by atoms with E-state index < -0.39 is 9.85 Å². The monoisotopic (exact) mass is 340 g/mol. The van der Waals surface area contributed by atoms with Gasteiger partial charge in [-0.1, -0.05) is 41.4 Å². The minimum absolute atomic E-state index is 0.000417. The highest BCUT2D eigenvalue weighted by Crippen LogP contribution is 2.36. The molecule has 0 heterocycles. The average molecular weight is 341 g/mol. The molecule has 2 aromatic carbocycles. The Hall–Kier alpha value is -2.18. The van der Waals surface area contributed by atoms with Crippen LogP contribution in [0.2, 0.25) is 10.0 Å². The highest BCUT2D eigenvalue weighted by atomic mass is 35.5. The van der Waals surface area contributed by atoms with E-state index in [0.29, 0.717) is 16.7 Å². The molecule has 0 saturated heterocycles. The standard InChI is InChI=1S/C14H10Cl2N2O4/c1-8-5-6-12(16)14(18(21)22)10(8)7-9-3-2-4-11(15)13(9)17(19)20/h2-6H,7H2,1H3. The van der Waals surface area contributed by atoms with Crippen LogP contribution in [0.1, 0.15) is 16.7 Å². The highest BCUT2D eigenvalue weighted by molar-refractivity contribution is 6.33. The van der Waals surface area contributed by atoms with Gasteiger partial charge in [0.25, 0.3) is 11.4 Å². The Kier molecular flexibility index (Phi) is 4.63. The maximum atomic E-state index is 11.2. The van der Waals surface area contributed by atoms with E-state index in [9.17, 15) is 20.2 Å². The summed E-state index contributed by atoms with van der Waals surface area (Å²) in [7, 11) is 0. The molecule has 0 amide bonds. The number of nitro benzene ring substituents is 2. The number of hydrogen-bond donors (Lipinski definition) is 0. The van der Waals surface area contributed by atoms with Gasteiger partial charge < -0.3 is 0 Å². The highest BCUT2D eigenvalue weighted by Gasteiger charge is 2.25. The molecule has 0 aromatic heterocycles. The van der Waals surface area contributed by atoms with Gasteiger partial charge >= 0.3 is 0 Å². The zero-order valence-electron chi connectivity index (χ0n) is 11.4. The first-order chi connectivity index (χ1) is 10.3. The summed E-state index contributed by atoms with van der Waals surface area (Å²) >= 11 is 11.8. The van der Waals surface area contributed by atoms with Gasteiger partial charge in [0.2, 0.25) is 0 Å². The zero-order chi connectivity index (χ0) is 16.4. The van der Waals surface area contributed by atoms with E-state index in [2.05, 4.69) is 0 Å². The van der Waals surface area contributed by atoms with E-state index in [-0.39, 0.29) is 27.8 Å². The molecule has 6 nitrogen and oxygen atoms in total. The summed E-state index contributed by atoms with van der Waals surface area (Å²) in [5.74, 6) is 0. The molecule has 0 spiro atoms. The Balaban J connectivity index is 2.63. The molecule has 0 N–H and O–H groups in total. The maximum Gasteiger partial charge on any atom is 0.291 e. The van der Waals surface area contributed by atoms with Gasteiger partial charge in [-0.15, -0.1) is 0 Å². The van der Waals surface area contributed by atoms with Crippen LogP contribution in [0.5, 0.6) is 0 Å². The number of nitrogens with zero attached hydrogens (tertiary/aromatic N) is 2. The molecule has 0 bridgehead atoms. The van der Waals surface area contributed by atoms with Gasteiger partial charge in [0.15, 0.2) is 0 Å². The van der Waals surface area contributed by atoms with Crippen molar-refractivity contribution in [1.82, 2.24) is 0 Å². The van der Waals surface area contributed by atoms with Crippen molar-refractivity contribution in [1.29, 1.82) is 0 Å². The van der Waals surface area contributed by atoms with Crippen molar-refractivity contribution in [2.24, 2.45) is 0 Å². The summed E-state index contributed by atoms with van der Waals surface area (Å²) in [5, 5.41) is 22.4. The van der Waals surface area contributed by atoms with Crippen LogP contribution in [-0.4, -0.2) is 9.85 Å². The molecule has 114 valence electrons. The first-order valence-electron chi connectivity index (χ1n) is 6.17. The average Bonchev–Trinajstić information content (AvgIpc) is 2.42. The van der Waals surface area contributed by atoms with Crippen LogP contribution in [-0.2, 0) is 6.42 Å². The lowest BCUT2D eigenvalue weighted by molar-refractivity contribution is -0.386. The van der Waals surface area contributed by atoms with Crippen LogP contribution in [0.3, 0.4) is 0 Å². The van der Waals surface area contributed by atoms with E-state index in [1.165, 1.54) is 18.2 Å². The van der Waals surface area contributed by atoms with Crippen LogP contribution in [0.15, 0.2) is 30.3 Å². The summed E-state index contributed by atoms with van der Waals surface area (Å²) in [6.07, 6.45) is -0.000417. The smallest absolute Gasteiger partial charge is 0.258 e. The first kappa shape index (κ1) is 16.2. The van der Waals surface area contributed by atoms with Gasteiger partial charge in [0.1, 0.15) is 10.0 Å². The fraction of sp³-hybridized carbons (Fsp3) is 0.143. The number of para-hydroxylation sites is 1. The zero-order valence-corrected chi connectivity index (χ0v) is 12.9. The van der Waals surface area contributed by atoms with Crippen molar-refractivity contribution < 1.29 is 9.85 Å². The van der Waals surface area contributed by atoms with E-state index in [1.807, 2.05) is 0 Å². The van der Waals surface area contributed by atoms with Gasteiger partial charge in [-0.25, -0.2) is 0 Å². The largest absolute Gasteiger partial charge is 0.291 e. The number of nitro groups is 2. The van der Waals surface area contributed by atoms with E-state index in [1.54, 1.807) is 19.1 Å². The SMILES string of the molecule is Cc1ccc(Cl)c([N+](=O)[O-])c1Cc1cccc(Cl)c1[N+](=O)[O-]. The molecule has 8 heteroatoms. The second-order valence-corrected chi connectivity index (χ2v) is 5.44. The number of hydrogen-bond acceptors (Lipinski definition) is 4. The molecule has 0 radical (unpaired) electrons. The third-order valence-corrected chi connectivity index (χ3v) is 3.88. The van der Waals surface area contributed by atoms with Crippen molar-refractivity contribution in [3.8, 4) is 0 Å². The molecule has 0 saturated carbocycles. The second kappa shape index (κ2) is 6.29. The Morgan fingerprint density at radius 1 is 0.955 bits per heavy atom. The van der Waals surface area contributed by atoms with E-state index in [0.717, 1.165) is 0 Å². The minimum Gasteiger partial charge on any atom is -0.258 e. The number of halogens is 2. The Labute approximate surface area is 135 Å². The van der Waals surface area contributed by atoms with Crippen molar-refractivity contribution in [3.63, 3.8) is 0 Å². The quantitative estimate of drug-likeness (QED) is 0.595. The topological polar surface area (TPSA) is 86.3 Å². The summed E-state index contributed by atoms with van der Waals surface area (Å²) in [6.45, 7) is 1.69. The van der Waals surface area contributed by atoms with Crippen LogP contribution >= 0.6 is 23.2 Å². The Morgan fingerprint density at radius 3 is 2.14 bits per heavy atom. The lowest BCUT2D eigenvalue weighted by Crippen LogP contribution is -2.03. The first-order valence-corrected chi connectivity index (χ1v) is 6.92. The van der Waals surface area contributed by atoms with E-state index in [4.69, 9.17) is 23.2 Å². The molecule has 22 heavy (non-hydrogen) atoms. The summed E-state index contributed by atoms with van der Waals surface area (Å²) in [4.78, 5) is 21.2. The molecular formula is C14H10Cl2N2O4. The van der Waals surface area contributed by atoms with E-state index >= 15 is 0 Å².